The Morgan fingerprint density at radius 1 is 1.13 bits per heavy atom. The fraction of sp³-hybridized carbons (Fsp3) is 0.348. The van der Waals surface area contributed by atoms with E-state index in [0.717, 1.165) is 16.8 Å². The zero-order valence-corrected chi connectivity index (χ0v) is 17.5. The molecule has 0 aliphatic heterocycles. The van der Waals surface area contributed by atoms with Gasteiger partial charge in [-0.15, -0.1) is 0 Å². The highest BCUT2D eigenvalue weighted by Crippen LogP contribution is 2.22. The first-order valence-electron chi connectivity index (χ1n) is 9.97. The highest BCUT2D eigenvalue weighted by molar-refractivity contribution is 5.75. The van der Waals surface area contributed by atoms with Crippen molar-refractivity contribution in [2.75, 3.05) is 13.2 Å². The van der Waals surface area contributed by atoms with Gasteiger partial charge >= 0.3 is 5.97 Å². The van der Waals surface area contributed by atoms with Crippen LogP contribution in [0.2, 0.25) is 0 Å². The van der Waals surface area contributed by atoms with E-state index in [0.29, 0.717) is 43.6 Å². The largest absolute Gasteiger partial charge is 0.487 e. The Morgan fingerprint density at radius 2 is 1.93 bits per heavy atom. The van der Waals surface area contributed by atoms with Crippen molar-refractivity contribution in [2.24, 2.45) is 0 Å². The van der Waals surface area contributed by atoms with E-state index in [1.807, 2.05) is 50.2 Å². The third kappa shape index (κ3) is 5.67. The van der Waals surface area contributed by atoms with Crippen LogP contribution >= 0.6 is 0 Å². The Hall–Kier alpha value is -3.19. The van der Waals surface area contributed by atoms with Crippen LogP contribution in [0.3, 0.4) is 0 Å². The topological polar surface area (TPSA) is 83.7 Å². The molecule has 2 aromatic heterocycles. The van der Waals surface area contributed by atoms with Gasteiger partial charge in [0.05, 0.1) is 12.2 Å². The number of esters is 1. The highest BCUT2D eigenvalue weighted by Gasteiger charge is 2.20. The lowest BCUT2D eigenvalue weighted by Crippen LogP contribution is -2.28. The van der Waals surface area contributed by atoms with E-state index in [9.17, 15) is 4.79 Å². The van der Waals surface area contributed by atoms with Gasteiger partial charge in [0.1, 0.15) is 23.8 Å². The third-order valence-electron chi connectivity index (χ3n) is 4.44. The van der Waals surface area contributed by atoms with E-state index in [1.165, 1.54) is 0 Å². The third-order valence-corrected chi connectivity index (χ3v) is 4.44. The number of rotatable bonds is 10. The molecule has 2 heterocycles. The molecule has 1 atom stereocenters. The second kappa shape index (κ2) is 10.5. The molecule has 30 heavy (non-hydrogen) atoms. The van der Waals surface area contributed by atoms with Crippen molar-refractivity contribution >= 4 is 5.97 Å². The van der Waals surface area contributed by atoms with Crippen molar-refractivity contribution in [3.05, 3.63) is 65.8 Å². The van der Waals surface area contributed by atoms with Crippen molar-refractivity contribution in [3.8, 4) is 17.2 Å². The van der Waals surface area contributed by atoms with Crippen LogP contribution in [0.1, 0.15) is 30.9 Å². The number of oxazole rings is 1. The molecule has 3 rings (SSSR count). The summed E-state index contributed by atoms with van der Waals surface area (Å²) in [5, 5.41) is 0. The minimum atomic E-state index is -0.606. The lowest BCUT2D eigenvalue weighted by Gasteiger charge is -2.15. The number of carbonyl (C=O) groups excluding carboxylic acids is 1. The summed E-state index contributed by atoms with van der Waals surface area (Å²) in [7, 11) is 0. The number of ether oxygens (including phenoxy) is 3. The maximum absolute atomic E-state index is 12.0. The Kier molecular flexibility index (Phi) is 7.57. The number of hydrogen-bond acceptors (Lipinski definition) is 7. The molecule has 0 saturated heterocycles. The smallest absolute Gasteiger partial charge is 0.335 e. The first kappa shape index (κ1) is 21.5. The average Bonchev–Trinajstić information content (AvgIpc) is 3.14. The zero-order valence-electron chi connectivity index (χ0n) is 17.5. The number of aromatic nitrogens is 2. The summed E-state index contributed by atoms with van der Waals surface area (Å²) in [6.45, 7) is 6.57. The van der Waals surface area contributed by atoms with E-state index in [-0.39, 0.29) is 5.97 Å². The Labute approximate surface area is 176 Å². The van der Waals surface area contributed by atoms with Crippen molar-refractivity contribution in [1.82, 2.24) is 9.97 Å². The van der Waals surface area contributed by atoms with Gasteiger partial charge in [-0.05, 0) is 50.6 Å². The number of aryl methyl sites for hydroxylation is 1. The number of pyridine rings is 1. The second-order valence-corrected chi connectivity index (χ2v) is 6.60. The minimum Gasteiger partial charge on any atom is -0.487 e. The molecular weight excluding hydrogens is 384 g/mol. The van der Waals surface area contributed by atoms with Gasteiger partial charge in [-0.1, -0.05) is 12.1 Å². The Morgan fingerprint density at radius 3 is 2.60 bits per heavy atom. The van der Waals surface area contributed by atoms with Gasteiger partial charge in [0.2, 0.25) is 5.89 Å². The zero-order chi connectivity index (χ0) is 21.3. The molecule has 7 heteroatoms. The van der Waals surface area contributed by atoms with Gasteiger partial charge in [0, 0.05) is 25.4 Å². The average molecular weight is 410 g/mol. The van der Waals surface area contributed by atoms with Gasteiger partial charge in [0.15, 0.2) is 6.10 Å². The summed E-state index contributed by atoms with van der Waals surface area (Å²) in [5.74, 6) is 1.59. The first-order valence-corrected chi connectivity index (χ1v) is 9.97. The highest BCUT2D eigenvalue weighted by atomic mass is 16.6. The molecule has 0 spiro atoms. The molecule has 0 aliphatic rings. The maximum atomic E-state index is 12.0. The summed E-state index contributed by atoms with van der Waals surface area (Å²) in [5.41, 5.74) is 2.52. The standard InChI is InChI=1S/C23H26N2O5/c1-4-27-21(23(26)28-5-2)13-17-8-10-19(11-9-17)29-15-20-16(3)30-22(25-20)18-7-6-12-24-14-18/h6-12,14,21H,4-5,13,15H2,1-3H3/t21-/m0/s1. The van der Waals surface area contributed by atoms with Crippen molar-refractivity contribution < 1.29 is 23.4 Å². The van der Waals surface area contributed by atoms with Crippen LogP contribution < -0.4 is 4.74 Å². The fourth-order valence-corrected chi connectivity index (χ4v) is 2.91. The SMILES string of the molecule is CCOC(=O)[C@H](Cc1ccc(OCc2nc(-c3cccnc3)oc2C)cc1)OCC. The summed E-state index contributed by atoms with van der Waals surface area (Å²) in [6, 6.07) is 11.3. The molecular formula is C23H26N2O5. The number of hydrogen-bond donors (Lipinski definition) is 0. The normalized spacial score (nSPS) is 11.8. The summed E-state index contributed by atoms with van der Waals surface area (Å²) in [4.78, 5) is 20.6. The minimum absolute atomic E-state index is 0.291. The molecule has 0 fully saturated rings. The number of carbonyl (C=O) groups is 1. The summed E-state index contributed by atoms with van der Waals surface area (Å²) in [6.07, 6.45) is 3.26. The fourth-order valence-electron chi connectivity index (χ4n) is 2.91. The maximum Gasteiger partial charge on any atom is 0.335 e. The molecule has 3 aromatic rings. The quantitative estimate of drug-likeness (QED) is 0.465. The first-order chi connectivity index (χ1) is 14.6. The molecule has 7 nitrogen and oxygen atoms in total. The Bertz CT molecular complexity index is 938. The monoisotopic (exact) mass is 410 g/mol. The van der Waals surface area contributed by atoms with Gasteiger partial charge in [0.25, 0.3) is 0 Å². The second-order valence-electron chi connectivity index (χ2n) is 6.60. The Balaban J connectivity index is 1.60. The summed E-state index contributed by atoms with van der Waals surface area (Å²) < 4.78 is 22.2. The number of benzene rings is 1. The lowest BCUT2D eigenvalue weighted by molar-refractivity contribution is -0.156. The molecule has 158 valence electrons. The van der Waals surface area contributed by atoms with E-state index in [1.54, 1.807) is 19.3 Å². The lowest BCUT2D eigenvalue weighted by atomic mass is 10.1. The molecule has 0 N–H and O–H groups in total. The van der Waals surface area contributed by atoms with Crippen LogP contribution in [0.25, 0.3) is 11.5 Å². The van der Waals surface area contributed by atoms with Gasteiger partial charge < -0.3 is 18.6 Å². The molecule has 0 radical (unpaired) electrons. The van der Waals surface area contributed by atoms with E-state index < -0.39 is 6.10 Å². The van der Waals surface area contributed by atoms with Crippen LogP contribution in [0.4, 0.5) is 0 Å². The van der Waals surface area contributed by atoms with Crippen LogP contribution in [-0.2, 0) is 27.3 Å². The van der Waals surface area contributed by atoms with Gasteiger partial charge in [-0.3, -0.25) is 4.98 Å². The van der Waals surface area contributed by atoms with Crippen LogP contribution in [0.15, 0.2) is 53.2 Å². The predicted molar refractivity (Wildman–Crippen MR) is 111 cm³/mol. The molecule has 0 unspecified atom stereocenters. The van der Waals surface area contributed by atoms with E-state index in [2.05, 4.69) is 9.97 Å². The van der Waals surface area contributed by atoms with Crippen molar-refractivity contribution in [2.45, 2.75) is 39.9 Å². The number of nitrogens with zero attached hydrogens (tertiary/aromatic N) is 2. The van der Waals surface area contributed by atoms with Crippen LogP contribution in [0, 0.1) is 6.92 Å². The van der Waals surface area contributed by atoms with E-state index in [4.69, 9.17) is 18.6 Å². The molecule has 0 amide bonds. The van der Waals surface area contributed by atoms with E-state index >= 15 is 0 Å². The molecule has 0 saturated carbocycles. The summed E-state index contributed by atoms with van der Waals surface area (Å²) >= 11 is 0. The molecule has 0 bridgehead atoms. The van der Waals surface area contributed by atoms with Crippen molar-refractivity contribution in [3.63, 3.8) is 0 Å². The molecule has 0 aliphatic carbocycles. The molecule has 1 aromatic carbocycles. The van der Waals surface area contributed by atoms with Crippen molar-refractivity contribution in [1.29, 1.82) is 0 Å². The van der Waals surface area contributed by atoms with Crippen LogP contribution in [0.5, 0.6) is 5.75 Å². The predicted octanol–water partition coefficient (Wildman–Crippen LogP) is 4.13. The van der Waals surface area contributed by atoms with Gasteiger partial charge in [-0.2, -0.15) is 0 Å². The van der Waals surface area contributed by atoms with Gasteiger partial charge in [-0.25, -0.2) is 9.78 Å². The van der Waals surface area contributed by atoms with Crippen LogP contribution in [-0.4, -0.2) is 35.3 Å².